The molecular formula is C16H23N3O. The van der Waals surface area contributed by atoms with Gasteiger partial charge in [-0.2, -0.15) is 0 Å². The summed E-state index contributed by atoms with van der Waals surface area (Å²) in [6, 6.07) is 6.31. The second-order valence-corrected chi connectivity index (χ2v) is 4.85. The van der Waals surface area contributed by atoms with E-state index in [9.17, 15) is 0 Å². The monoisotopic (exact) mass is 273 g/mol. The summed E-state index contributed by atoms with van der Waals surface area (Å²) >= 11 is 0. The third kappa shape index (κ3) is 3.61. The molecule has 1 aromatic heterocycles. The van der Waals surface area contributed by atoms with Crippen LogP contribution in [0.15, 0.2) is 30.7 Å². The van der Waals surface area contributed by atoms with Crippen molar-refractivity contribution in [3.8, 4) is 5.75 Å². The van der Waals surface area contributed by atoms with Gasteiger partial charge in [0, 0.05) is 18.7 Å². The van der Waals surface area contributed by atoms with Gasteiger partial charge in [0.05, 0.1) is 18.2 Å². The highest BCUT2D eigenvalue weighted by Crippen LogP contribution is 2.21. The third-order valence-electron chi connectivity index (χ3n) is 3.30. The first kappa shape index (κ1) is 14.6. The summed E-state index contributed by atoms with van der Waals surface area (Å²) in [6.45, 7) is 9.57. The SMILES string of the molecule is CCNCc1cc(C)ccc1OCc1cncn1CC. The van der Waals surface area contributed by atoms with Gasteiger partial charge >= 0.3 is 0 Å². The molecule has 0 aliphatic rings. The number of ether oxygens (including phenoxy) is 1. The van der Waals surface area contributed by atoms with Gasteiger partial charge in [0.25, 0.3) is 0 Å². The van der Waals surface area contributed by atoms with E-state index >= 15 is 0 Å². The summed E-state index contributed by atoms with van der Waals surface area (Å²) < 4.78 is 8.07. The van der Waals surface area contributed by atoms with Gasteiger partial charge in [0.2, 0.25) is 0 Å². The van der Waals surface area contributed by atoms with Crippen LogP contribution in [-0.4, -0.2) is 16.1 Å². The summed E-state index contributed by atoms with van der Waals surface area (Å²) in [5.74, 6) is 0.945. The van der Waals surface area contributed by atoms with Crippen molar-refractivity contribution in [2.75, 3.05) is 6.54 Å². The summed E-state index contributed by atoms with van der Waals surface area (Å²) in [5.41, 5.74) is 3.56. The van der Waals surface area contributed by atoms with Gasteiger partial charge in [0.15, 0.2) is 0 Å². The van der Waals surface area contributed by atoms with E-state index in [1.807, 2.05) is 12.5 Å². The summed E-state index contributed by atoms with van der Waals surface area (Å²) in [4.78, 5) is 4.16. The number of rotatable bonds is 7. The standard InChI is InChI=1S/C16H23N3O/c1-4-17-9-14-8-13(3)6-7-16(14)20-11-15-10-18-12-19(15)5-2/h6-8,10,12,17H,4-5,9,11H2,1-3H3. The Kier molecular flexibility index (Phi) is 5.18. The lowest BCUT2D eigenvalue weighted by atomic mass is 10.1. The molecule has 2 aromatic rings. The van der Waals surface area contributed by atoms with Gasteiger partial charge in [0.1, 0.15) is 12.4 Å². The molecule has 1 aromatic carbocycles. The highest BCUT2D eigenvalue weighted by atomic mass is 16.5. The molecule has 0 amide bonds. The quantitative estimate of drug-likeness (QED) is 0.843. The van der Waals surface area contributed by atoms with Crippen molar-refractivity contribution in [1.29, 1.82) is 0 Å². The molecule has 108 valence electrons. The van der Waals surface area contributed by atoms with Crippen molar-refractivity contribution in [3.05, 3.63) is 47.5 Å². The first-order valence-electron chi connectivity index (χ1n) is 7.16. The highest BCUT2D eigenvalue weighted by Gasteiger charge is 2.06. The number of nitrogens with zero attached hydrogens (tertiary/aromatic N) is 2. The van der Waals surface area contributed by atoms with Crippen LogP contribution in [0.25, 0.3) is 0 Å². The van der Waals surface area contributed by atoms with E-state index in [-0.39, 0.29) is 0 Å². The lowest BCUT2D eigenvalue weighted by Crippen LogP contribution is -2.13. The van der Waals surface area contributed by atoms with Crippen molar-refractivity contribution in [3.63, 3.8) is 0 Å². The van der Waals surface area contributed by atoms with Gasteiger partial charge in [-0.25, -0.2) is 4.98 Å². The molecule has 2 rings (SSSR count). The zero-order valence-electron chi connectivity index (χ0n) is 12.5. The fourth-order valence-electron chi connectivity index (χ4n) is 2.15. The second kappa shape index (κ2) is 7.10. The van der Waals surface area contributed by atoms with E-state index in [0.717, 1.165) is 31.1 Å². The van der Waals surface area contributed by atoms with Crippen LogP contribution in [0.5, 0.6) is 5.75 Å². The fraction of sp³-hybridized carbons (Fsp3) is 0.438. The average molecular weight is 273 g/mol. The lowest BCUT2D eigenvalue weighted by molar-refractivity contribution is 0.291. The third-order valence-corrected chi connectivity index (χ3v) is 3.30. The molecule has 0 aliphatic heterocycles. The number of hydrogen-bond donors (Lipinski definition) is 1. The summed E-state index contributed by atoms with van der Waals surface area (Å²) in [6.07, 6.45) is 3.70. The smallest absolute Gasteiger partial charge is 0.130 e. The molecule has 20 heavy (non-hydrogen) atoms. The molecule has 4 nitrogen and oxygen atoms in total. The first-order chi connectivity index (χ1) is 9.74. The molecule has 0 saturated carbocycles. The Morgan fingerprint density at radius 2 is 2.15 bits per heavy atom. The number of benzene rings is 1. The van der Waals surface area contributed by atoms with Gasteiger partial charge in [-0.1, -0.05) is 24.6 Å². The van der Waals surface area contributed by atoms with Crippen LogP contribution in [-0.2, 0) is 19.7 Å². The molecule has 0 unspecified atom stereocenters. The molecular weight excluding hydrogens is 250 g/mol. The molecule has 1 heterocycles. The normalized spacial score (nSPS) is 10.8. The molecule has 0 fully saturated rings. The maximum atomic E-state index is 5.98. The zero-order valence-corrected chi connectivity index (χ0v) is 12.5. The molecule has 0 radical (unpaired) electrons. The van der Waals surface area contributed by atoms with Crippen LogP contribution < -0.4 is 10.1 Å². The second-order valence-electron chi connectivity index (χ2n) is 4.85. The van der Waals surface area contributed by atoms with Crippen LogP contribution in [0, 0.1) is 6.92 Å². The van der Waals surface area contributed by atoms with E-state index in [0.29, 0.717) is 6.61 Å². The minimum atomic E-state index is 0.552. The maximum Gasteiger partial charge on any atom is 0.130 e. The van der Waals surface area contributed by atoms with E-state index in [2.05, 4.69) is 53.8 Å². The topological polar surface area (TPSA) is 39.1 Å². The summed E-state index contributed by atoms with van der Waals surface area (Å²) in [7, 11) is 0. The van der Waals surface area contributed by atoms with Gasteiger partial charge in [-0.15, -0.1) is 0 Å². The lowest BCUT2D eigenvalue weighted by Gasteiger charge is -2.13. The van der Waals surface area contributed by atoms with E-state index in [1.54, 1.807) is 0 Å². The molecule has 0 aliphatic carbocycles. The van der Waals surface area contributed by atoms with Crippen molar-refractivity contribution in [1.82, 2.24) is 14.9 Å². The van der Waals surface area contributed by atoms with E-state index in [4.69, 9.17) is 4.74 Å². The van der Waals surface area contributed by atoms with Gasteiger partial charge < -0.3 is 14.6 Å². The van der Waals surface area contributed by atoms with E-state index in [1.165, 1.54) is 11.1 Å². The fourth-order valence-corrected chi connectivity index (χ4v) is 2.15. The Hall–Kier alpha value is -1.81. The Morgan fingerprint density at radius 1 is 1.30 bits per heavy atom. The van der Waals surface area contributed by atoms with Gasteiger partial charge in [-0.3, -0.25) is 0 Å². The number of imidazole rings is 1. The van der Waals surface area contributed by atoms with Crippen LogP contribution >= 0.6 is 0 Å². The molecule has 0 saturated heterocycles. The van der Waals surface area contributed by atoms with E-state index < -0.39 is 0 Å². The largest absolute Gasteiger partial charge is 0.487 e. The minimum absolute atomic E-state index is 0.552. The van der Waals surface area contributed by atoms with Crippen molar-refractivity contribution in [2.24, 2.45) is 0 Å². The maximum absolute atomic E-state index is 5.98. The van der Waals surface area contributed by atoms with Crippen LogP contribution in [0.3, 0.4) is 0 Å². The van der Waals surface area contributed by atoms with Crippen LogP contribution in [0.2, 0.25) is 0 Å². The number of nitrogens with one attached hydrogen (secondary N) is 1. The van der Waals surface area contributed by atoms with Crippen molar-refractivity contribution >= 4 is 0 Å². The van der Waals surface area contributed by atoms with Crippen molar-refractivity contribution < 1.29 is 4.74 Å². The molecule has 0 atom stereocenters. The molecule has 4 heteroatoms. The minimum Gasteiger partial charge on any atom is -0.487 e. The Labute approximate surface area is 120 Å². The average Bonchev–Trinajstić information content (AvgIpc) is 2.91. The highest BCUT2D eigenvalue weighted by molar-refractivity contribution is 5.37. The number of aryl methyl sites for hydroxylation is 2. The van der Waals surface area contributed by atoms with Gasteiger partial charge in [-0.05, 0) is 26.5 Å². The summed E-state index contributed by atoms with van der Waals surface area (Å²) in [5, 5.41) is 3.35. The molecule has 0 spiro atoms. The number of aromatic nitrogens is 2. The Bertz CT molecular complexity index is 548. The molecule has 0 bridgehead atoms. The first-order valence-corrected chi connectivity index (χ1v) is 7.16. The van der Waals surface area contributed by atoms with Crippen LogP contribution in [0.1, 0.15) is 30.7 Å². The number of hydrogen-bond acceptors (Lipinski definition) is 3. The van der Waals surface area contributed by atoms with Crippen molar-refractivity contribution in [2.45, 2.75) is 40.5 Å². The predicted molar refractivity (Wildman–Crippen MR) is 80.8 cm³/mol. The zero-order chi connectivity index (χ0) is 14.4. The predicted octanol–water partition coefficient (Wildman–Crippen LogP) is 2.90. The Morgan fingerprint density at radius 3 is 2.90 bits per heavy atom. The molecule has 1 N–H and O–H groups in total. The van der Waals surface area contributed by atoms with Crippen LogP contribution in [0.4, 0.5) is 0 Å². The Balaban J connectivity index is 2.08.